The molecule has 3 heterocycles. The summed E-state index contributed by atoms with van der Waals surface area (Å²) >= 11 is 0. The summed E-state index contributed by atoms with van der Waals surface area (Å²) < 4.78 is 1.94. The van der Waals surface area contributed by atoms with Crippen LogP contribution >= 0.6 is 0 Å². The Morgan fingerprint density at radius 3 is 2.90 bits per heavy atom. The predicted molar refractivity (Wildman–Crippen MR) is 81.1 cm³/mol. The van der Waals surface area contributed by atoms with E-state index < -0.39 is 0 Å². The van der Waals surface area contributed by atoms with E-state index in [4.69, 9.17) is 5.73 Å². The lowest BCUT2D eigenvalue weighted by molar-refractivity contribution is 0.562. The predicted octanol–water partition coefficient (Wildman–Crippen LogP) is 1.95. The highest BCUT2D eigenvalue weighted by Crippen LogP contribution is 2.29. The van der Waals surface area contributed by atoms with Gasteiger partial charge in [-0.15, -0.1) is 0 Å². The SMILES string of the molecule is CC(C)(C)c1cc2c(N3CCCC3CN)nccn2n1. The summed E-state index contributed by atoms with van der Waals surface area (Å²) in [6.45, 7) is 8.26. The van der Waals surface area contributed by atoms with Crippen LogP contribution in [0, 0.1) is 0 Å². The number of nitrogens with zero attached hydrogens (tertiary/aromatic N) is 4. The van der Waals surface area contributed by atoms with Crippen molar-refractivity contribution in [2.24, 2.45) is 5.73 Å². The van der Waals surface area contributed by atoms with Crippen LogP contribution in [0.25, 0.3) is 5.52 Å². The standard InChI is InChI=1S/C15H23N5/c1-15(2,3)13-9-12-14(17-6-8-20(12)18-13)19-7-4-5-11(19)10-16/h6,8-9,11H,4-5,7,10,16H2,1-3H3. The summed E-state index contributed by atoms with van der Waals surface area (Å²) in [4.78, 5) is 6.93. The van der Waals surface area contributed by atoms with E-state index in [-0.39, 0.29) is 5.41 Å². The van der Waals surface area contributed by atoms with Gasteiger partial charge in [-0.05, 0) is 18.9 Å². The quantitative estimate of drug-likeness (QED) is 0.908. The average Bonchev–Trinajstić information content (AvgIpc) is 3.03. The van der Waals surface area contributed by atoms with Crippen molar-refractivity contribution < 1.29 is 0 Å². The first-order valence-electron chi connectivity index (χ1n) is 7.32. The molecule has 0 spiro atoms. The van der Waals surface area contributed by atoms with Gasteiger partial charge < -0.3 is 10.6 Å². The van der Waals surface area contributed by atoms with Gasteiger partial charge in [0.05, 0.1) is 5.69 Å². The molecule has 3 rings (SSSR count). The Balaban J connectivity index is 2.09. The number of anilines is 1. The van der Waals surface area contributed by atoms with E-state index in [9.17, 15) is 0 Å². The Hall–Kier alpha value is -1.62. The molecule has 5 heteroatoms. The molecule has 0 aromatic carbocycles. The lowest BCUT2D eigenvalue weighted by Gasteiger charge is -2.24. The van der Waals surface area contributed by atoms with Crippen LogP contribution in [0.3, 0.4) is 0 Å². The van der Waals surface area contributed by atoms with Gasteiger partial charge in [-0.3, -0.25) is 0 Å². The minimum atomic E-state index is 0.0432. The van der Waals surface area contributed by atoms with Gasteiger partial charge in [-0.1, -0.05) is 20.8 Å². The molecule has 0 amide bonds. The van der Waals surface area contributed by atoms with Crippen LogP contribution in [-0.2, 0) is 5.41 Å². The third kappa shape index (κ3) is 2.16. The molecule has 1 fully saturated rings. The van der Waals surface area contributed by atoms with E-state index in [1.165, 1.54) is 6.42 Å². The number of hydrogen-bond acceptors (Lipinski definition) is 4. The number of nitrogens with two attached hydrogens (primary N) is 1. The van der Waals surface area contributed by atoms with Crippen LogP contribution in [0.5, 0.6) is 0 Å². The summed E-state index contributed by atoms with van der Waals surface area (Å²) in [5.41, 5.74) is 8.11. The molecule has 1 atom stereocenters. The molecule has 1 unspecified atom stereocenters. The summed E-state index contributed by atoms with van der Waals surface area (Å²) in [6, 6.07) is 2.57. The van der Waals surface area contributed by atoms with Gasteiger partial charge in [0, 0.05) is 36.9 Å². The normalized spacial score (nSPS) is 20.0. The molecule has 0 saturated carbocycles. The molecule has 1 saturated heterocycles. The molecule has 1 aliphatic rings. The fourth-order valence-electron chi connectivity index (χ4n) is 2.86. The molecule has 2 aromatic rings. The molecule has 2 N–H and O–H groups in total. The van der Waals surface area contributed by atoms with Crippen LogP contribution in [0.4, 0.5) is 5.82 Å². The summed E-state index contributed by atoms with van der Waals surface area (Å²) in [6.07, 6.45) is 6.08. The van der Waals surface area contributed by atoms with E-state index in [0.29, 0.717) is 12.6 Å². The molecule has 20 heavy (non-hydrogen) atoms. The van der Waals surface area contributed by atoms with E-state index in [0.717, 1.165) is 30.0 Å². The van der Waals surface area contributed by atoms with Crippen molar-refractivity contribution in [3.05, 3.63) is 24.2 Å². The average molecular weight is 273 g/mol. The fourth-order valence-corrected chi connectivity index (χ4v) is 2.86. The maximum atomic E-state index is 5.89. The van der Waals surface area contributed by atoms with Gasteiger partial charge >= 0.3 is 0 Å². The van der Waals surface area contributed by atoms with Gasteiger partial charge in [-0.25, -0.2) is 9.50 Å². The second-order valence-corrected chi connectivity index (χ2v) is 6.59. The fraction of sp³-hybridized carbons (Fsp3) is 0.600. The highest BCUT2D eigenvalue weighted by molar-refractivity contribution is 5.70. The zero-order valence-corrected chi connectivity index (χ0v) is 12.5. The van der Waals surface area contributed by atoms with Crippen LogP contribution in [-0.4, -0.2) is 33.7 Å². The van der Waals surface area contributed by atoms with Gasteiger partial charge in [0.15, 0.2) is 5.82 Å². The summed E-state index contributed by atoms with van der Waals surface area (Å²) in [5.74, 6) is 1.02. The molecule has 108 valence electrons. The number of fused-ring (bicyclic) bond motifs is 1. The topological polar surface area (TPSA) is 59.5 Å². The minimum absolute atomic E-state index is 0.0432. The van der Waals surface area contributed by atoms with Crippen LogP contribution in [0.1, 0.15) is 39.3 Å². The Morgan fingerprint density at radius 2 is 2.20 bits per heavy atom. The van der Waals surface area contributed by atoms with E-state index in [1.807, 2.05) is 16.9 Å². The molecule has 5 nitrogen and oxygen atoms in total. The monoisotopic (exact) mass is 273 g/mol. The Labute approximate surface area is 119 Å². The lowest BCUT2D eigenvalue weighted by Crippen LogP contribution is -2.36. The van der Waals surface area contributed by atoms with Crippen LogP contribution in [0.2, 0.25) is 0 Å². The second-order valence-electron chi connectivity index (χ2n) is 6.59. The van der Waals surface area contributed by atoms with Gasteiger partial charge in [0.25, 0.3) is 0 Å². The number of rotatable bonds is 2. The Morgan fingerprint density at radius 1 is 1.40 bits per heavy atom. The Bertz CT molecular complexity index is 610. The van der Waals surface area contributed by atoms with Gasteiger partial charge in [0.2, 0.25) is 0 Å². The molecule has 1 aliphatic heterocycles. The molecular weight excluding hydrogens is 250 g/mol. The van der Waals surface area contributed by atoms with Gasteiger partial charge in [-0.2, -0.15) is 5.10 Å². The van der Waals surface area contributed by atoms with E-state index in [2.05, 4.69) is 41.8 Å². The molecule has 0 radical (unpaired) electrons. The van der Waals surface area contributed by atoms with Crippen molar-refractivity contribution in [2.75, 3.05) is 18.0 Å². The third-order valence-corrected chi connectivity index (χ3v) is 4.06. The zero-order chi connectivity index (χ0) is 14.3. The van der Waals surface area contributed by atoms with Crippen molar-refractivity contribution in [2.45, 2.75) is 45.1 Å². The maximum absolute atomic E-state index is 5.89. The first-order valence-corrected chi connectivity index (χ1v) is 7.32. The third-order valence-electron chi connectivity index (χ3n) is 4.06. The first kappa shape index (κ1) is 13.4. The highest BCUT2D eigenvalue weighted by Gasteiger charge is 2.27. The highest BCUT2D eigenvalue weighted by atomic mass is 15.3. The van der Waals surface area contributed by atoms with Crippen LogP contribution in [0.15, 0.2) is 18.5 Å². The van der Waals surface area contributed by atoms with Crippen molar-refractivity contribution in [3.63, 3.8) is 0 Å². The van der Waals surface area contributed by atoms with E-state index >= 15 is 0 Å². The molecular formula is C15H23N5. The van der Waals surface area contributed by atoms with E-state index in [1.54, 1.807) is 0 Å². The second kappa shape index (κ2) is 4.74. The number of hydrogen-bond donors (Lipinski definition) is 1. The van der Waals surface area contributed by atoms with Crippen molar-refractivity contribution in [3.8, 4) is 0 Å². The van der Waals surface area contributed by atoms with Crippen LogP contribution < -0.4 is 10.6 Å². The lowest BCUT2D eigenvalue weighted by atomic mass is 9.92. The maximum Gasteiger partial charge on any atom is 0.154 e. The van der Waals surface area contributed by atoms with Crippen molar-refractivity contribution >= 4 is 11.3 Å². The van der Waals surface area contributed by atoms with Gasteiger partial charge in [0.1, 0.15) is 5.52 Å². The summed E-state index contributed by atoms with van der Waals surface area (Å²) in [7, 11) is 0. The van der Waals surface area contributed by atoms with Crippen molar-refractivity contribution in [1.82, 2.24) is 14.6 Å². The summed E-state index contributed by atoms with van der Waals surface area (Å²) in [5, 5.41) is 4.69. The molecule has 0 aliphatic carbocycles. The smallest absolute Gasteiger partial charge is 0.154 e. The minimum Gasteiger partial charge on any atom is -0.351 e. The first-order chi connectivity index (χ1) is 9.50. The zero-order valence-electron chi connectivity index (χ0n) is 12.5. The number of aromatic nitrogens is 3. The molecule has 2 aromatic heterocycles. The van der Waals surface area contributed by atoms with Crippen molar-refractivity contribution in [1.29, 1.82) is 0 Å². The Kier molecular flexibility index (Phi) is 3.17. The largest absolute Gasteiger partial charge is 0.351 e. The molecule has 0 bridgehead atoms.